The van der Waals surface area contributed by atoms with Gasteiger partial charge in [0.05, 0.1) is 12.9 Å². The smallest absolute Gasteiger partial charge is 0.0991 e. The second-order valence-corrected chi connectivity index (χ2v) is 5.63. The van der Waals surface area contributed by atoms with E-state index in [1.807, 2.05) is 6.26 Å². The molecule has 1 heterocycles. The Bertz CT molecular complexity index is 165. The molecule has 1 aliphatic heterocycles. The lowest BCUT2D eigenvalue weighted by molar-refractivity contribution is 0.242. The van der Waals surface area contributed by atoms with Crippen LogP contribution in [0.2, 0.25) is 0 Å². The summed E-state index contributed by atoms with van der Waals surface area (Å²) in [4.78, 5) is 0. The Morgan fingerprint density at radius 2 is 2.07 bits per heavy atom. The van der Waals surface area contributed by atoms with E-state index in [1.54, 1.807) is 0 Å². The van der Waals surface area contributed by atoms with Crippen LogP contribution in [0.1, 0.15) is 46.0 Å². The molecule has 0 radical (unpaired) electrons. The topological polar surface area (TPSA) is 9.23 Å². The molecule has 0 N–H and O–H groups in total. The molecule has 0 aromatic carbocycles. The fourth-order valence-electron chi connectivity index (χ4n) is 1.61. The van der Waals surface area contributed by atoms with Crippen molar-refractivity contribution in [3.63, 3.8) is 0 Å². The average molecular weight is 214 g/mol. The van der Waals surface area contributed by atoms with Gasteiger partial charge in [0.15, 0.2) is 0 Å². The third-order valence-corrected chi connectivity index (χ3v) is 3.74. The molecule has 1 rings (SSSR count). The van der Waals surface area contributed by atoms with Crippen LogP contribution in [0, 0.1) is 0 Å². The van der Waals surface area contributed by atoms with Crippen LogP contribution in [-0.4, -0.2) is 17.6 Å². The summed E-state index contributed by atoms with van der Waals surface area (Å²) >= 11 is 2.09. The Morgan fingerprint density at radius 3 is 2.86 bits per heavy atom. The van der Waals surface area contributed by atoms with E-state index in [1.165, 1.54) is 43.4 Å². The van der Waals surface area contributed by atoms with Gasteiger partial charge in [0, 0.05) is 5.25 Å². The monoisotopic (exact) mass is 214 g/mol. The lowest BCUT2D eigenvalue weighted by atomic mass is 10.1. The highest BCUT2D eigenvalue weighted by Gasteiger charge is 2.11. The number of ether oxygens (including phenoxy) is 1. The van der Waals surface area contributed by atoms with Crippen LogP contribution in [0.3, 0.4) is 0 Å². The lowest BCUT2D eigenvalue weighted by Crippen LogP contribution is -2.12. The van der Waals surface area contributed by atoms with Crippen LogP contribution < -0.4 is 0 Å². The summed E-state index contributed by atoms with van der Waals surface area (Å²) in [5.74, 6) is 1.32. The fraction of sp³-hybridized carbons (Fsp3) is 0.833. The minimum absolute atomic E-state index is 0.728. The third kappa shape index (κ3) is 5.58. The first-order valence-corrected chi connectivity index (χ1v) is 6.70. The molecule has 14 heavy (non-hydrogen) atoms. The van der Waals surface area contributed by atoms with E-state index in [2.05, 4.69) is 25.6 Å². The number of hydrogen-bond acceptors (Lipinski definition) is 2. The van der Waals surface area contributed by atoms with Crippen LogP contribution in [-0.2, 0) is 4.74 Å². The van der Waals surface area contributed by atoms with Crippen molar-refractivity contribution in [3.05, 3.63) is 11.8 Å². The second kappa shape index (κ2) is 7.22. The van der Waals surface area contributed by atoms with Crippen molar-refractivity contribution in [2.45, 2.75) is 51.2 Å². The van der Waals surface area contributed by atoms with Crippen molar-refractivity contribution >= 4 is 11.8 Å². The van der Waals surface area contributed by atoms with Crippen LogP contribution in [0.25, 0.3) is 0 Å². The van der Waals surface area contributed by atoms with Gasteiger partial charge in [-0.05, 0) is 38.0 Å². The number of allylic oxidation sites excluding steroid dienone is 1. The van der Waals surface area contributed by atoms with E-state index in [4.69, 9.17) is 4.74 Å². The molecule has 2 heteroatoms. The maximum absolute atomic E-state index is 5.55. The molecule has 0 aromatic heterocycles. The Kier molecular flexibility index (Phi) is 6.17. The quantitative estimate of drug-likeness (QED) is 0.657. The molecule has 0 spiro atoms. The van der Waals surface area contributed by atoms with Gasteiger partial charge in [-0.2, -0.15) is 11.8 Å². The molecule has 82 valence electrons. The Balaban J connectivity index is 2.17. The van der Waals surface area contributed by atoms with E-state index < -0.39 is 0 Å². The van der Waals surface area contributed by atoms with Crippen LogP contribution in [0.5, 0.6) is 0 Å². The molecule has 1 saturated heterocycles. The summed E-state index contributed by atoms with van der Waals surface area (Å²) in [6, 6.07) is 0. The molecular weight excluding hydrogens is 192 g/mol. The van der Waals surface area contributed by atoms with Gasteiger partial charge in [0.25, 0.3) is 0 Å². The standard InChI is InChI=1S/C12H22OS/c1-11(2)9-13-10-12-7-5-3-4-6-8-14-12/h9,12H,3-8,10H2,1-2H3. The minimum atomic E-state index is 0.728. The van der Waals surface area contributed by atoms with E-state index in [0.29, 0.717) is 0 Å². The number of thioether (sulfide) groups is 1. The van der Waals surface area contributed by atoms with Gasteiger partial charge < -0.3 is 4.74 Å². The van der Waals surface area contributed by atoms with E-state index >= 15 is 0 Å². The van der Waals surface area contributed by atoms with Crippen molar-refractivity contribution in [2.24, 2.45) is 0 Å². The Hall–Kier alpha value is -0.110. The van der Waals surface area contributed by atoms with Gasteiger partial charge in [0.1, 0.15) is 0 Å². The van der Waals surface area contributed by atoms with Crippen molar-refractivity contribution in [1.29, 1.82) is 0 Å². The van der Waals surface area contributed by atoms with Gasteiger partial charge in [0.2, 0.25) is 0 Å². The van der Waals surface area contributed by atoms with Crippen molar-refractivity contribution in [2.75, 3.05) is 12.4 Å². The summed E-state index contributed by atoms with van der Waals surface area (Å²) in [7, 11) is 0. The molecule has 0 bridgehead atoms. The predicted octanol–water partition coefficient (Wildman–Crippen LogP) is 3.99. The molecule has 0 amide bonds. The van der Waals surface area contributed by atoms with Gasteiger partial charge in [-0.1, -0.05) is 19.3 Å². The predicted molar refractivity (Wildman–Crippen MR) is 64.7 cm³/mol. The van der Waals surface area contributed by atoms with Gasteiger partial charge in [-0.25, -0.2) is 0 Å². The first kappa shape index (κ1) is 12.0. The maximum atomic E-state index is 5.55. The molecule has 1 unspecified atom stereocenters. The molecule has 1 atom stereocenters. The fourth-order valence-corrected chi connectivity index (χ4v) is 2.83. The summed E-state index contributed by atoms with van der Waals surface area (Å²) < 4.78 is 5.55. The third-order valence-electron chi connectivity index (χ3n) is 2.38. The summed E-state index contributed by atoms with van der Waals surface area (Å²) in [5, 5.41) is 0.728. The largest absolute Gasteiger partial charge is 0.500 e. The zero-order valence-electron chi connectivity index (χ0n) is 9.42. The molecule has 1 nitrogen and oxygen atoms in total. The number of hydrogen-bond donors (Lipinski definition) is 0. The Labute approximate surface area is 92.3 Å². The minimum Gasteiger partial charge on any atom is -0.500 e. The van der Waals surface area contributed by atoms with Gasteiger partial charge in [-0.15, -0.1) is 0 Å². The van der Waals surface area contributed by atoms with Crippen molar-refractivity contribution in [3.8, 4) is 0 Å². The summed E-state index contributed by atoms with van der Waals surface area (Å²) in [6.07, 6.45) is 8.84. The highest BCUT2D eigenvalue weighted by atomic mass is 32.2. The average Bonchev–Trinajstić information content (AvgIpc) is 2.07. The molecule has 1 fully saturated rings. The van der Waals surface area contributed by atoms with E-state index in [-0.39, 0.29) is 0 Å². The highest BCUT2D eigenvalue weighted by molar-refractivity contribution is 7.99. The molecule has 0 aromatic rings. The van der Waals surface area contributed by atoms with Gasteiger partial charge >= 0.3 is 0 Å². The summed E-state index contributed by atoms with van der Waals surface area (Å²) in [6.45, 7) is 5.05. The number of rotatable bonds is 3. The SMILES string of the molecule is CC(C)=COCC1CCCCCCS1. The molecule has 0 saturated carbocycles. The summed E-state index contributed by atoms with van der Waals surface area (Å²) in [5.41, 5.74) is 1.25. The first-order chi connectivity index (χ1) is 6.79. The lowest BCUT2D eigenvalue weighted by Gasteiger charge is -2.18. The van der Waals surface area contributed by atoms with Crippen molar-refractivity contribution in [1.82, 2.24) is 0 Å². The maximum Gasteiger partial charge on any atom is 0.0991 e. The second-order valence-electron chi connectivity index (χ2n) is 4.22. The molecule has 0 aliphatic carbocycles. The Morgan fingerprint density at radius 1 is 1.29 bits per heavy atom. The first-order valence-electron chi connectivity index (χ1n) is 5.65. The van der Waals surface area contributed by atoms with E-state index in [0.717, 1.165) is 11.9 Å². The van der Waals surface area contributed by atoms with E-state index in [9.17, 15) is 0 Å². The van der Waals surface area contributed by atoms with Gasteiger partial charge in [-0.3, -0.25) is 0 Å². The zero-order valence-corrected chi connectivity index (χ0v) is 10.2. The normalized spacial score (nSPS) is 23.4. The molecular formula is C12H22OS. The zero-order chi connectivity index (χ0) is 10.2. The van der Waals surface area contributed by atoms with Crippen LogP contribution >= 0.6 is 11.8 Å². The van der Waals surface area contributed by atoms with Crippen LogP contribution in [0.15, 0.2) is 11.8 Å². The molecule has 1 aliphatic rings. The van der Waals surface area contributed by atoms with Crippen molar-refractivity contribution < 1.29 is 4.74 Å². The highest BCUT2D eigenvalue weighted by Crippen LogP contribution is 2.23. The van der Waals surface area contributed by atoms with Crippen LogP contribution in [0.4, 0.5) is 0 Å².